The van der Waals surface area contributed by atoms with Gasteiger partial charge in [-0.3, -0.25) is 9.59 Å². The number of carbonyl (C=O) groups is 2. The van der Waals surface area contributed by atoms with E-state index in [4.69, 9.17) is 4.98 Å². The summed E-state index contributed by atoms with van der Waals surface area (Å²) in [5.74, 6) is 0.759. The lowest BCUT2D eigenvalue weighted by Gasteiger charge is -2.30. The predicted octanol–water partition coefficient (Wildman–Crippen LogP) is 10.4. The summed E-state index contributed by atoms with van der Waals surface area (Å²) >= 11 is 0. The zero-order valence-corrected chi connectivity index (χ0v) is 32.0. The normalized spacial score (nSPS) is 18.0. The zero-order chi connectivity index (χ0) is 38.1. The molecule has 3 heterocycles. The van der Waals surface area contributed by atoms with Crippen LogP contribution < -0.4 is 5.32 Å². The number of nitrogens with zero attached hydrogens (tertiary/aromatic N) is 3. The molecule has 0 aliphatic carbocycles. The molecule has 7 nitrogen and oxygen atoms in total. The summed E-state index contributed by atoms with van der Waals surface area (Å²) in [6.07, 6.45) is 3.73. The second-order valence-corrected chi connectivity index (χ2v) is 15.3. The minimum atomic E-state index is -0.198. The van der Waals surface area contributed by atoms with Crippen LogP contribution in [-0.4, -0.2) is 50.7 Å². The molecule has 2 fully saturated rings. The Bertz CT molecular complexity index is 2330. The summed E-state index contributed by atoms with van der Waals surface area (Å²) in [7, 11) is 0. The van der Waals surface area contributed by atoms with Crippen LogP contribution in [0.4, 0.5) is 5.69 Å². The number of benzene rings is 5. The van der Waals surface area contributed by atoms with Crippen molar-refractivity contribution in [3.05, 3.63) is 156 Å². The summed E-state index contributed by atoms with van der Waals surface area (Å²) in [5, 5.41) is 3.60. The third kappa shape index (κ3) is 7.31. The number of hydrogen-bond acceptors (Lipinski definition) is 4. The highest BCUT2D eigenvalue weighted by atomic mass is 16.2. The molecule has 0 spiro atoms. The van der Waals surface area contributed by atoms with Gasteiger partial charge >= 0.3 is 0 Å². The van der Waals surface area contributed by atoms with E-state index in [9.17, 15) is 9.59 Å². The maximum atomic E-state index is 13.6. The number of aromatic nitrogens is 2. The standard InChI is InChI=1S/C48H49N5O2/c1-31-19-20-39(29-42(31)49-34(4)44-17-11-27-52(44)47(54)32(2)35-13-7-5-8-14-35)37-21-23-38(24-22-37)40-25-26-41-43(30-40)51-46(50-41)45-18-12-28-53(45)48(55)33(3)36-15-9-6-10-16-36/h5-10,13-16,19-26,29-30,32-33,44-45,49H,4,11-12,17-18,27-28H2,1-3H3,(H,50,51)/t32?,33-,44?,45+/m1/s1. The molecule has 0 saturated carbocycles. The number of aromatic amines is 1. The van der Waals surface area contributed by atoms with Crippen LogP contribution >= 0.6 is 0 Å². The molecule has 2 amide bonds. The largest absolute Gasteiger partial charge is 0.357 e. The maximum absolute atomic E-state index is 13.6. The van der Waals surface area contributed by atoms with Gasteiger partial charge in [0.2, 0.25) is 11.8 Å². The van der Waals surface area contributed by atoms with Crippen LogP contribution in [0.3, 0.4) is 0 Å². The van der Waals surface area contributed by atoms with E-state index in [0.717, 1.165) is 106 Å². The van der Waals surface area contributed by atoms with Crippen molar-refractivity contribution in [1.82, 2.24) is 19.8 Å². The van der Waals surface area contributed by atoms with Crippen LogP contribution in [0.5, 0.6) is 0 Å². The van der Waals surface area contributed by atoms with Crippen LogP contribution in [0.2, 0.25) is 0 Å². The lowest BCUT2D eigenvalue weighted by atomic mass is 9.98. The van der Waals surface area contributed by atoms with Gasteiger partial charge in [0, 0.05) is 24.5 Å². The number of likely N-dealkylation sites (tertiary alicyclic amines) is 2. The van der Waals surface area contributed by atoms with E-state index in [-0.39, 0.29) is 35.7 Å². The molecule has 0 bridgehead atoms. The van der Waals surface area contributed by atoms with Crippen LogP contribution in [-0.2, 0) is 9.59 Å². The second-order valence-electron chi connectivity index (χ2n) is 15.3. The molecule has 2 N–H and O–H groups in total. The Kier molecular flexibility index (Phi) is 10.1. The molecule has 6 aromatic rings. The minimum Gasteiger partial charge on any atom is -0.357 e. The first-order chi connectivity index (χ1) is 26.7. The van der Waals surface area contributed by atoms with Crippen LogP contribution in [0.15, 0.2) is 134 Å². The lowest BCUT2D eigenvalue weighted by Crippen LogP contribution is -2.40. The lowest BCUT2D eigenvalue weighted by molar-refractivity contribution is -0.134. The number of anilines is 1. The Morgan fingerprint density at radius 1 is 0.709 bits per heavy atom. The summed E-state index contributed by atoms with van der Waals surface area (Å²) < 4.78 is 0. The van der Waals surface area contributed by atoms with E-state index < -0.39 is 0 Å². The third-order valence-corrected chi connectivity index (χ3v) is 11.7. The van der Waals surface area contributed by atoms with Gasteiger partial charge in [0.25, 0.3) is 0 Å². The molecule has 2 saturated heterocycles. The molecule has 55 heavy (non-hydrogen) atoms. The molecule has 7 heteroatoms. The number of hydrogen-bond donors (Lipinski definition) is 2. The van der Waals surface area contributed by atoms with Crippen molar-refractivity contribution in [3.63, 3.8) is 0 Å². The third-order valence-electron chi connectivity index (χ3n) is 11.7. The van der Waals surface area contributed by atoms with E-state index in [2.05, 4.69) is 84.5 Å². The molecule has 278 valence electrons. The number of aryl methyl sites for hydroxylation is 1. The number of imidazole rings is 1. The van der Waals surface area contributed by atoms with Gasteiger partial charge in [-0.25, -0.2) is 4.98 Å². The smallest absolute Gasteiger partial charge is 0.230 e. The van der Waals surface area contributed by atoms with E-state index in [1.54, 1.807) is 0 Å². The summed E-state index contributed by atoms with van der Waals surface area (Å²) in [6.45, 7) is 12.0. The van der Waals surface area contributed by atoms with Crippen molar-refractivity contribution >= 4 is 28.5 Å². The van der Waals surface area contributed by atoms with Crippen molar-refractivity contribution in [2.45, 2.75) is 70.4 Å². The zero-order valence-electron chi connectivity index (χ0n) is 32.0. The quantitative estimate of drug-likeness (QED) is 0.147. The van der Waals surface area contributed by atoms with Gasteiger partial charge in [0.05, 0.1) is 35.0 Å². The number of fused-ring (bicyclic) bond motifs is 1. The summed E-state index contributed by atoms with van der Waals surface area (Å²) in [5.41, 5.74) is 11.4. The predicted molar refractivity (Wildman–Crippen MR) is 223 cm³/mol. The van der Waals surface area contributed by atoms with Gasteiger partial charge in [-0.15, -0.1) is 0 Å². The van der Waals surface area contributed by atoms with Gasteiger partial charge in [0.1, 0.15) is 5.82 Å². The molecule has 2 aliphatic rings. The number of amides is 2. The van der Waals surface area contributed by atoms with Crippen molar-refractivity contribution in [3.8, 4) is 22.3 Å². The molecule has 0 radical (unpaired) electrons. The van der Waals surface area contributed by atoms with Gasteiger partial charge in [-0.1, -0.05) is 110 Å². The number of carbonyl (C=O) groups excluding carboxylic acids is 2. The molecule has 2 unspecified atom stereocenters. The van der Waals surface area contributed by atoms with Gasteiger partial charge in [0.15, 0.2) is 0 Å². The van der Waals surface area contributed by atoms with Gasteiger partial charge < -0.3 is 20.1 Å². The average molecular weight is 728 g/mol. The number of nitrogens with one attached hydrogen (secondary N) is 2. The maximum Gasteiger partial charge on any atom is 0.230 e. The Balaban J connectivity index is 0.954. The Labute approximate surface area is 324 Å². The molecule has 4 atom stereocenters. The average Bonchev–Trinajstić information content (AvgIpc) is 4.01. The van der Waals surface area contributed by atoms with E-state index in [0.29, 0.717) is 0 Å². The number of rotatable bonds is 10. The summed E-state index contributed by atoms with van der Waals surface area (Å²) in [6, 6.07) is 41.4. The molecule has 5 aromatic carbocycles. The highest BCUT2D eigenvalue weighted by Gasteiger charge is 2.35. The fourth-order valence-electron chi connectivity index (χ4n) is 8.39. The van der Waals surface area contributed by atoms with Gasteiger partial charge in [-0.05, 0) is 104 Å². The van der Waals surface area contributed by atoms with Crippen LogP contribution in [0, 0.1) is 6.92 Å². The highest BCUT2D eigenvalue weighted by Crippen LogP contribution is 2.36. The minimum absolute atomic E-state index is 0.0489. The second kappa shape index (κ2) is 15.4. The molecule has 8 rings (SSSR count). The first-order valence-electron chi connectivity index (χ1n) is 19.6. The fraction of sp³-hybridized carbons (Fsp3) is 0.271. The Morgan fingerprint density at radius 3 is 1.91 bits per heavy atom. The van der Waals surface area contributed by atoms with E-state index >= 15 is 0 Å². The molecular formula is C48H49N5O2. The first kappa shape index (κ1) is 36.0. The molecule has 1 aromatic heterocycles. The van der Waals surface area contributed by atoms with Crippen molar-refractivity contribution in [2.75, 3.05) is 18.4 Å². The Hall–Kier alpha value is -5.95. The van der Waals surface area contributed by atoms with Gasteiger partial charge in [-0.2, -0.15) is 0 Å². The fourth-order valence-corrected chi connectivity index (χ4v) is 8.39. The van der Waals surface area contributed by atoms with Crippen molar-refractivity contribution < 1.29 is 9.59 Å². The van der Waals surface area contributed by atoms with Crippen LogP contribution in [0.1, 0.15) is 79.9 Å². The number of H-pyrrole nitrogens is 1. The Morgan fingerprint density at radius 2 is 1.25 bits per heavy atom. The molecular weight excluding hydrogens is 679 g/mol. The van der Waals surface area contributed by atoms with Crippen LogP contribution in [0.25, 0.3) is 33.3 Å². The highest BCUT2D eigenvalue weighted by molar-refractivity contribution is 5.86. The topological polar surface area (TPSA) is 81.3 Å². The monoisotopic (exact) mass is 727 g/mol. The van der Waals surface area contributed by atoms with E-state index in [1.165, 1.54) is 0 Å². The SMILES string of the molecule is C=C(Nc1cc(-c2ccc(-c3ccc4nc([C@@H]5CCCN5C(=O)[C@H](C)c5ccccc5)[nH]c4c3)cc2)ccc1C)C1CCCN1C(=O)C(C)c1ccccc1. The van der Waals surface area contributed by atoms with Crippen molar-refractivity contribution in [2.24, 2.45) is 0 Å². The molecule has 2 aliphatic heterocycles. The van der Waals surface area contributed by atoms with Crippen molar-refractivity contribution in [1.29, 1.82) is 0 Å². The summed E-state index contributed by atoms with van der Waals surface area (Å²) in [4.78, 5) is 39.8. The first-order valence-corrected chi connectivity index (χ1v) is 19.6. The van der Waals surface area contributed by atoms with E-state index in [1.807, 2.05) is 84.3 Å².